The maximum atomic E-state index is 11.4. The fourth-order valence-electron chi connectivity index (χ4n) is 1.27. The Labute approximate surface area is 153 Å². The van der Waals surface area contributed by atoms with Crippen molar-refractivity contribution in [3.8, 4) is 0 Å². The zero-order valence-electron chi connectivity index (χ0n) is 11.5. The number of hydrogen-bond acceptors (Lipinski definition) is 6. The molecule has 0 spiro atoms. The first-order valence-electron chi connectivity index (χ1n) is 4.59. The molecule has 0 amide bonds. The molecule has 0 bridgehead atoms. The van der Waals surface area contributed by atoms with Crippen molar-refractivity contribution in [3.05, 3.63) is 29.3 Å². The molecule has 19 heavy (non-hydrogen) atoms. The third kappa shape index (κ3) is 4.63. The summed E-state index contributed by atoms with van der Waals surface area (Å²) in [6.07, 6.45) is 0. The normalized spacial score (nSPS) is 10.3. The molecule has 0 aromatic heterocycles. The smallest absolute Gasteiger partial charge is 1.00 e. The molecule has 0 fully saturated rings. The van der Waals surface area contributed by atoms with Gasteiger partial charge in [0.25, 0.3) is 10.1 Å². The quantitative estimate of drug-likeness (QED) is 0.377. The summed E-state index contributed by atoms with van der Waals surface area (Å²) < 4.78 is 39.9. The molecule has 0 aliphatic carbocycles. The Morgan fingerprint density at radius 1 is 1.16 bits per heavy atom. The third-order valence-electron chi connectivity index (χ3n) is 2.08. The topological polar surface area (TPSA) is 107 Å². The number of methoxy groups -OCH3 is 2. The third-order valence-corrected chi connectivity index (χ3v) is 3.00. The molecular weight excluding hydrogens is 303 g/mol. The van der Waals surface area contributed by atoms with Crippen molar-refractivity contribution in [3.63, 3.8) is 0 Å². The zero-order valence-corrected chi connectivity index (χ0v) is 14.5. The van der Waals surface area contributed by atoms with Crippen molar-refractivity contribution in [1.29, 1.82) is 0 Å². The van der Waals surface area contributed by atoms with Crippen LogP contribution in [0.2, 0.25) is 0 Å². The molecule has 0 aliphatic rings. The van der Waals surface area contributed by atoms with Crippen LogP contribution in [0.25, 0.3) is 0 Å². The van der Waals surface area contributed by atoms with E-state index in [9.17, 15) is 18.0 Å². The largest absolute Gasteiger partial charge is 1.00 e. The van der Waals surface area contributed by atoms with Crippen LogP contribution in [0.4, 0.5) is 0 Å². The fourth-order valence-corrected chi connectivity index (χ4v) is 1.93. The van der Waals surface area contributed by atoms with E-state index < -0.39 is 32.5 Å². The second kappa shape index (κ2) is 7.48. The van der Waals surface area contributed by atoms with Crippen LogP contribution in [0.3, 0.4) is 0 Å². The van der Waals surface area contributed by atoms with E-state index in [1.54, 1.807) is 0 Å². The van der Waals surface area contributed by atoms with Crippen LogP contribution in [0, 0.1) is 0 Å². The van der Waals surface area contributed by atoms with Gasteiger partial charge >= 0.3 is 63.3 Å². The summed E-state index contributed by atoms with van der Waals surface area (Å²) in [5.74, 6) is -1.74. The summed E-state index contributed by atoms with van der Waals surface area (Å²) in [5, 5.41) is 0. The van der Waals surface area contributed by atoms with Gasteiger partial charge in [0.1, 0.15) is 4.90 Å². The van der Waals surface area contributed by atoms with Crippen LogP contribution in [0.1, 0.15) is 22.1 Å². The Hall–Kier alpha value is -0.294. The predicted octanol–water partition coefficient (Wildman–Crippen LogP) is -2.38. The average molecular weight is 314 g/mol. The van der Waals surface area contributed by atoms with Crippen LogP contribution in [-0.2, 0) is 19.6 Å². The van der Waals surface area contributed by atoms with Gasteiger partial charge in [-0.15, -0.1) is 0 Å². The summed E-state index contributed by atoms with van der Waals surface area (Å²) in [6.45, 7) is 0. The number of carbonyl (C=O) groups excluding carboxylic acids is 2. The van der Waals surface area contributed by atoms with Gasteiger partial charge in [0, 0.05) is 0 Å². The molecule has 1 aromatic rings. The van der Waals surface area contributed by atoms with E-state index in [1.165, 1.54) is 0 Å². The molecule has 0 heterocycles. The van der Waals surface area contributed by atoms with Gasteiger partial charge in [-0.3, -0.25) is 4.55 Å². The zero-order chi connectivity index (χ0) is 13.9. The minimum atomic E-state index is -4.59. The summed E-state index contributed by atoms with van der Waals surface area (Å²) in [4.78, 5) is 22.0. The van der Waals surface area contributed by atoms with Gasteiger partial charge in [0.2, 0.25) is 0 Å². The first kappa shape index (κ1) is 18.7. The second-order valence-electron chi connectivity index (χ2n) is 3.17. The van der Waals surface area contributed by atoms with Crippen LogP contribution in [0.5, 0.6) is 0 Å². The average Bonchev–Trinajstić information content (AvgIpc) is 2.35. The van der Waals surface area contributed by atoms with E-state index in [0.717, 1.165) is 32.4 Å². The van der Waals surface area contributed by atoms with Crippen molar-refractivity contribution in [2.45, 2.75) is 4.90 Å². The number of carbonyl (C=O) groups is 2. The minimum absolute atomic E-state index is 0. The van der Waals surface area contributed by atoms with E-state index in [2.05, 4.69) is 9.47 Å². The molecule has 0 unspecified atom stereocenters. The Balaban J connectivity index is 0. The number of rotatable bonds is 3. The van der Waals surface area contributed by atoms with Crippen LogP contribution >= 0.6 is 0 Å². The summed E-state index contributed by atoms with van der Waals surface area (Å²) in [7, 11) is -2.41. The fraction of sp³-hybridized carbons (Fsp3) is 0.200. The van der Waals surface area contributed by atoms with Crippen LogP contribution < -0.4 is 51.4 Å². The molecule has 0 radical (unpaired) electrons. The Kier molecular flexibility index (Phi) is 7.36. The van der Waals surface area contributed by atoms with Crippen LogP contribution in [0.15, 0.2) is 23.1 Å². The van der Waals surface area contributed by atoms with Crippen molar-refractivity contribution in [1.82, 2.24) is 0 Å². The predicted molar refractivity (Wildman–Crippen MR) is 60.0 cm³/mol. The van der Waals surface area contributed by atoms with Crippen molar-refractivity contribution in [2.75, 3.05) is 14.2 Å². The van der Waals surface area contributed by atoms with E-state index in [4.69, 9.17) is 4.55 Å². The number of benzene rings is 1. The van der Waals surface area contributed by atoms with Gasteiger partial charge in [-0.25, -0.2) is 9.59 Å². The first-order chi connectivity index (χ1) is 8.31. The molecule has 1 aromatic carbocycles. The molecule has 100 valence electrons. The van der Waals surface area contributed by atoms with Crippen molar-refractivity contribution >= 4 is 22.1 Å². The first-order valence-corrected chi connectivity index (χ1v) is 6.03. The molecule has 0 saturated carbocycles. The number of esters is 2. The standard InChI is InChI=1S/C10H10O7S.K.H/c1-16-9(11)6-3-4-8(18(13,14)15)7(5-6)10(12)17-2;;/h3-5H,1-2H3,(H,13,14,15);;/q;+1;-1. The van der Waals surface area contributed by atoms with E-state index in [1.807, 2.05) is 0 Å². The van der Waals surface area contributed by atoms with Gasteiger partial charge in [-0.05, 0) is 18.2 Å². The maximum Gasteiger partial charge on any atom is 1.00 e. The molecule has 0 saturated heterocycles. The van der Waals surface area contributed by atoms with Gasteiger partial charge in [-0.2, -0.15) is 8.42 Å². The van der Waals surface area contributed by atoms with Crippen molar-refractivity contribution in [2.24, 2.45) is 0 Å². The van der Waals surface area contributed by atoms with E-state index in [0.29, 0.717) is 0 Å². The monoisotopic (exact) mass is 314 g/mol. The van der Waals surface area contributed by atoms with Gasteiger partial charge in [0.05, 0.1) is 25.3 Å². The van der Waals surface area contributed by atoms with Gasteiger partial charge in [0.15, 0.2) is 0 Å². The van der Waals surface area contributed by atoms with Crippen LogP contribution in [-0.4, -0.2) is 39.1 Å². The molecular formula is C10H11KO7S. The van der Waals surface area contributed by atoms with E-state index in [-0.39, 0.29) is 58.4 Å². The Morgan fingerprint density at radius 2 is 1.68 bits per heavy atom. The summed E-state index contributed by atoms with van der Waals surface area (Å²) >= 11 is 0. The Bertz CT molecular complexity index is 600. The molecule has 0 atom stereocenters. The second-order valence-corrected chi connectivity index (χ2v) is 4.56. The van der Waals surface area contributed by atoms with Gasteiger partial charge in [-0.1, -0.05) is 0 Å². The number of hydrogen-bond donors (Lipinski definition) is 1. The molecule has 0 aliphatic heterocycles. The molecule has 7 nitrogen and oxygen atoms in total. The van der Waals surface area contributed by atoms with Crippen molar-refractivity contribution < 1.29 is 84.8 Å². The Morgan fingerprint density at radius 3 is 2.11 bits per heavy atom. The molecule has 9 heteroatoms. The molecule has 1 rings (SSSR count). The van der Waals surface area contributed by atoms with Gasteiger partial charge < -0.3 is 10.9 Å². The summed E-state index contributed by atoms with van der Waals surface area (Å²) in [6, 6.07) is 3.01. The SMILES string of the molecule is COC(=O)c1ccc(S(=O)(=O)O)c(C(=O)OC)c1.[H-].[K+]. The summed E-state index contributed by atoms with van der Waals surface area (Å²) in [5.41, 5.74) is -0.479. The maximum absolute atomic E-state index is 11.4. The number of ether oxygens (including phenoxy) is 2. The minimum Gasteiger partial charge on any atom is -1.00 e. The van der Waals surface area contributed by atoms with E-state index >= 15 is 0 Å². The molecule has 1 N–H and O–H groups in total.